The molecule has 5 aliphatic rings. The summed E-state index contributed by atoms with van der Waals surface area (Å²) >= 11 is 0. The van der Waals surface area contributed by atoms with E-state index in [2.05, 4.69) is 23.9 Å². The monoisotopic (exact) mass is 292 g/mol. The molecular formula is C18H32N2O. The normalized spacial score (nSPS) is 47.4. The van der Waals surface area contributed by atoms with E-state index in [4.69, 9.17) is 0 Å². The first-order valence-corrected chi connectivity index (χ1v) is 9.11. The van der Waals surface area contributed by atoms with E-state index in [9.17, 15) is 5.11 Å². The fourth-order valence-corrected chi connectivity index (χ4v) is 6.42. The van der Waals surface area contributed by atoms with Crippen LogP contribution in [0.25, 0.3) is 0 Å². The molecule has 1 aliphatic heterocycles. The van der Waals surface area contributed by atoms with Crippen molar-refractivity contribution in [2.45, 2.75) is 57.1 Å². The number of likely N-dealkylation sites (N-methyl/N-ethyl adjacent to an activating group) is 1. The molecule has 0 aromatic heterocycles. The SMILES string of the molecule is CN(C)C1CCN(CC(O)C23CC4CC(CC(C4)C2)C3)C1. The third-order valence-corrected chi connectivity index (χ3v) is 7.20. The van der Waals surface area contributed by atoms with Crippen LogP contribution in [0.4, 0.5) is 0 Å². The van der Waals surface area contributed by atoms with Crippen molar-refractivity contribution in [2.75, 3.05) is 33.7 Å². The topological polar surface area (TPSA) is 26.7 Å². The summed E-state index contributed by atoms with van der Waals surface area (Å²) < 4.78 is 0. The number of aliphatic hydroxyl groups excluding tert-OH is 1. The zero-order valence-corrected chi connectivity index (χ0v) is 13.8. The highest BCUT2D eigenvalue weighted by Gasteiger charge is 2.54. The van der Waals surface area contributed by atoms with E-state index in [0.29, 0.717) is 11.5 Å². The molecule has 0 amide bonds. The van der Waals surface area contributed by atoms with Gasteiger partial charge in [-0.15, -0.1) is 0 Å². The Morgan fingerprint density at radius 3 is 2.14 bits per heavy atom. The zero-order valence-electron chi connectivity index (χ0n) is 13.8. The van der Waals surface area contributed by atoms with E-state index in [1.54, 1.807) is 0 Å². The van der Waals surface area contributed by atoms with Gasteiger partial charge in [0.2, 0.25) is 0 Å². The first-order chi connectivity index (χ1) is 10.0. The van der Waals surface area contributed by atoms with Crippen molar-refractivity contribution in [2.24, 2.45) is 23.2 Å². The molecule has 5 rings (SSSR count). The maximum Gasteiger partial charge on any atom is 0.0723 e. The predicted octanol–water partition coefficient (Wildman–Crippen LogP) is 2.20. The molecule has 1 N–H and O–H groups in total. The van der Waals surface area contributed by atoms with Crippen LogP contribution in [0, 0.1) is 23.2 Å². The van der Waals surface area contributed by atoms with Gasteiger partial charge in [0, 0.05) is 19.1 Å². The highest BCUT2D eigenvalue weighted by Crippen LogP contribution is 2.61. The van der Waals surface area contributed by atoms with Gasteiger partial charge in [-0.3, -0.25) is 4.90 Å². The number of aliphatic hydroxyl groups is 1. The summed E-state index contributed by atoms with van der Waals surface area (Å²) in [6.45, 7) is 3.25. The minimum absolute atomic E-state index is 0.0770. The van der Waals surface area contributed by atoms with Crippen molar-refractivity contribution < 1.29 is 5.11 Å². The summed E-state index contributed by atoms with van der Waals surface area (Å²) in [5, 5.41) is 11.0. The Hall–Kier alpha value is -0.120. The second-order valence-electron chi connectivity index (χ2n) is 8.96. The Balaban J connectivity index is 1.40. The largest absolute Gasteiger partial charge is 0.391 e. The van der Waals surface area contributed by atoms with Crippen molar-refractivity contribution in [1.82, 2.24) is 9.80 Å². The van der Waals surface area contributed by atoms with E-state index in [1.807, 2.05) is 0 Å². The quantitative estimate of drug-likeness (QED) is 0.860. The first kappa shape index (κ1) is 14.5. The van der Waals surface area contributed by atoms with Gasteiger partial charge in [-0.25, -0.2) is 0 Å². The van der Waals surface area contributed by atoms with Crippen LogP contribution in [0.5, 0.6) is 0 Å². The molecule has 1 heterocycles. The molecule has 2 unspecified atom stereocenters. The highest BCUT2D eigenvalue weighted by atomic mass is 16.3. The second-order valence-corrected chi connectivity index (χ2v) is 8.96. The van der Waals surface area contributed by atoms with Gasteiger partial charge in [-0.2, -0.15) is 0 Å². The van der Waals surface area contributed by atoms with E-state index in [-0.39, 0.29) is 6.10 Å². The summed E-state index contributed by atoms with van der Waals surface area (Å²) in [6, 6.07) is 0.688. The van der Waals surface area contributed by atoms with Crippen molar-refractivity contribution in [3.8, 4) is 0 Å². The molecule has 0 spiro atoms. The van der Waals surface area contributed by atoms with Crippen molar-refractivity contribution in [1.29, 1.82) is 0 Å². The fraction of sp³-hybridized carbons (Fsp3) is 1.00. The van der Waals surface area contributed by atoms with Gasteiger partial charge >= 0.3 is 0 Å². The number of hydrogen-bond donors (Lipinski definition) is 1. The van der Waals surface area contributed by atoms with Gasteiger partial charge in [-0.05, 0) is 88.8 Å². The van der Waals surface area contributed by atoms with Crippen LogP contribution in [-0.2, 0) is 0 Å². The van der Waals surface area contributed by atoms with E-state index >= 15 is 0 Å². The molecule has 3 heteroatoms. The summed E-state index contributed by atoms with van der Waals surface area (Å²) in [4.78, 5) is 4.87. The zero-order chi connectivity index (χ0) is 14.6. The number of β-amino-alcohol motifs (C(OH)–C–C–N with tert-alkyl or cyclic N) is 1. The molecule has 0 radical (unpaired) electrons. The predicted molar refractivity (Wildman–Crippen MR) is 85.1 cm³/mol. The molecule has 4 aliphatic carbocycles. The molecule has 1 saturated heterocycles. The molecule has 0 aromatic carbocycles. The van der Waals surface area contributed by atoms with Crippen LogP contribution in [-0.4, -0.2) is 60.8 Å². The third-order valence-electron chi connectivity index (χ3n) is 7.20. The smallest absolute Gasteiger partial charge is 0.0723 e. The molecule has 5 fully saturated rings. The standard InChI is InChI=1S/C18H32N2O/c1-19(2)16-3-4-20(11-16)12-17(21)18-8-13-5-14(9-18)7-15(6-13)10-18/h13-17,21H,3-12H2,1-2H3. The van der Waals surface area contributed by atoms with Crippen LogP contribution in [0.15, 0.2) is 0 Å². The van der Waals surface area contributed by atoms with Gasteiger partial charge in [0.25, 0.3) is 0 Å². The minimum Gasteiger partial charge on any atom is -0.391 e. The van der Waals surface area contributed by atoms with Crippen LogP contribution in [0.3, 0.4) is 0 Å². The summed E-state index contributed by atoms with van der Waals surface area (Å²) in [7, 11) is 4.37. The summed E-state index contributed by atoms with van der Waals surface area (Å²) in [5.41, 5.74) is 0.297. The van der Waals surface area contributed by atoms with Crippen molar-refractivity contribution >= 4 is 0 Å². The lowest BCUT2D eigenvalue weighted by Crippen LogP contribution is -2.54. The molecule has 4 saturated carbocycles. The van der Waals surface area contributed by atoms with Crippen molar-refractivity contribution in [3.63, 3.8) is 0 Å². The van der Waals surface area contributed by atoms with E-state index in [0.717, 1.165) is 30.8 Å². The number of likely N-dealkylation sites (tertiary alicyclic amines) is 1. The highest BCUT2D eigenvalue weighted by molar-refractivity contribution is 5.05. The van der Waals surface area contributed by atoms with Crippen LogP contribution < -0.4 is 0 Å². The molecule has 3 nitrogen and oxygen atoms in total. The molecule has 4 bridgehead atoms. The lowest BCUT2D eigenvalue weighted by Gasteiger charge is -2.58. The lowest BCUT2D eigenvalue weighted by atomic mass is 9.48. The van der Waals surface area contributed by atoms with Crippen LogP contribution in [0.2, 0.25) is 0 Å². The molecule has 0 aromatic rings. The van der Waals surface area contributed by atoms with Crippen molar-refractivity contribution in [3.05, 3.63) is 0 Å². The summed E-state index contributed by atoms with van der Waals surface area (Å²) in [5.74, 6) is 2.83. The maximum absolute atomic E-state index is 11.0. The maximum atomic E-state index is 11.0. The van der Waals surface area contributed by atoms with Crippen LogP contribution >= 0.6 is 0 Å². The molecule has 120 valence electrons. The molecular weight excluding hydrogens is 260 g/mol. The van der Waals surface area contributed by atoms with Crippen LogP contribution in [0.1, 0.15) is 44.9 Å². The van der Waals surface area contributed by atoms with E-state index in [1.165, 1.54) is 51.5 Å². The number of hydrogen-bond acceptors (Lipinski definition) is 3. The lowest BCUT2D eigenvalue weighted by molar-refractivity contribution is -0.125. The molecule has 21 heavy (non-hydrogen) atoms. The number of nitrogens with zero attached hydrogens (tertiary/aromatic N) is 2. The Kier molecular flexibility index (Phi) is 3.59. The average molecular weight is 292 g/mol. The van der Waals surface area contributed by atoms with Gasteiger partial charge in [0.15, 0.2) is 0 Å². The third kappa shape index (κ3) is 2.55. The fourth-order valence-electron chi connectivity index (χ4n) is 6.42. The Morgan fingerprint density at radius 1 is 1.10 bits per heavy atom. The van der Waals surface area contributed by atoms with Gasteiger partial charge in [0.05, 0.1) is 6.10 Å². The summed E-state index contributed by atoms with van der Waals surface area (Å²) in [6.07, 6.45) is 9.57. The Morgan fingerprint density at radius 2 is 1.67 bits per heavy atom. The van der Waals surface area contributed by atoms with Gasteiger partial charge < -0.3 is 10.0 Å². The van der Waals surface area contributed by atoms with E-state index < -0.39 is 0 Å². The second kappa shape index (κ2) is 5.21. The molecule has 2 atom stereocenters. The average Bonchev–Trinajstić information content (AvgIpc) is 2.85. The Bertz CT molecular complexity index is 359. The Labute approximate surface area is 129 Å². The number of rotatable bonds is 4. The van der Waals surface area contributed by atoms with Gasteiger partial charge in [0.1, 0.15) is 0 Å². The van der Waals surface area contributed by atoms with Gasteiger partial charge in [-0.1, -0.05) is 0 Å². The minimum atomic E-state index is -0.0770. The first-order valence-electron chi connectivity index (χ1n) is 9.11.